The third kappa shape index (κ3) is 4.92. The van der Waals surface area contributed by atoms with Crippen LogP contribution >= 0.6 is 0 Å². The monoisotopic (exact) mass is 264 g/mol. The molecule has 0 amide bonds. The highest BCUT2D eigenvalue weighted by atomic mass is 15.1. The molecule has 0 spiro atoms. The lowest BCUT2D eigenvalue weighted by Gasteiger charge is -2.33. The predicted molar refractivity (Wildman–Crippen MR) is 83.4 cm³/mol. The Balaban J connectivity index is 1.68. The minimum atomic E-state index is 0.571. The van der Waals surface area contributed by atoms with Gasteiger partial charge >= 0.3 is 0 Å². The number of likely N-dealkylation sites (tertiary alicyclic amines) is 1. The largest absolute Gasteiger partial charge is 0.311 e. The number of allylic oxidation sites excluding steroid dienone is 1. The van der Waals surface area contributed by atoms with Crippen molar-refractivity contribution in [1.82, 2.24) is 10.2 Å². The van der Waals surface area contributed by atoms with Crippen molar-refractivity contribution in [3.8, 4) is 0 Å². The summed E-state index contributed by atoms with van der Waals surface area (Å²) in [6.45, 7) is 12.9. The second-order valence-electron chi connectivity index (χ2n) is 7.63. The first-order chi connectivity index (χ1) is 8.94. The van der Waals surface area contributed by atoms with Crippen molar-refractivity contribution >= 4 is 0 Å². The van der Waals surface area contributed by atoms with Gasteiger partial charge in [-0.1, -0.05) is 25.5 Å². The van der Waals surface area contributed by atoms with Crippen LogP contribution in [0.15, 0.2) is 11.6 Å². The van der Waals surface area contributed by atoms with E-state index in [-0.39, 0.29) is 0 Å². The Labute approximate surface area is 119 Å². The topological polar surface area (TPSA) is 15.3 Å². The van der Waals surface area contributed by atoms with E-state index in [0.29, 0.717) is 5.41 Å². The highest BCUT2D eigenvalue weighted by Gasteiger charge is 2.32. The molecule has 1 heterocycles. The van der Waals surface area contributed by atoms with Crippen LogP contribution in [0.25, 0.3) is 0 Å². The van der Waals surface area contributed by atoms with E-state index in [1.54, 1.807) is 0 Å². The van der Waals surface area contributed by atoms with Crippen LogP contribution in [0.2, 0.25) is 0 Å². The molecule has 2 rings (SSSR count). The Morgan fingerprint density at radius 1 is 1.16 bits per heavy atom. The molecule has 1 saturated carbocycles. The predicted octanol–water partition coefficient (Wildman–Crippen LogP) is 3.59. The average Bonchev–Trinajstić information content (AvgIpc) is 2.68. The molecule has 0 aromatic carbocycles. The number of piperidine rings is 1. The van der Waals surface area contributed by atoms with Gasteiger partial charge in [-0.25, -0.2) is 0 Å². The van der Waals surface area contributed by atoms with Gasteiger partial charge in [-0.15, -0.1) is 0 Å². The first-order valence-corrected chi connectivity index (χ1v) is 8.06. The van der Waals surface area contributed by atoms with E-state index < -0.39 is 0 Å². The van der Waals surface area contributed by atoms with Crippen molar-refractivity contribution in [3.63, 3.8) is 0 Å². The summed E-state index contributed by atoms with van der Waals surface area (Å²) in [4.78, 5) is 2.59. The molecule has 2 fully saturated rings. The zero-order chi connectivity index (χ0) is 13.9. The highest BCUT2D eigenvalue weighted by molar-refractivity contribution is 4.96. The third-order valence-electron chi connectivity index (χ3n) is 4.79. The van der Waals surface area contributed by atoms with Crippen molar-refractivity contribution < 1.29 is 0 Å². The molecule has 19 heavy (non-hydrogen) atoms. The lowest BCUT2D eigenvalue weighted by molar-refractivity contribution is 0.204. The van der Waals surface area contributed by atoms with Crippen LogP contribution in [0, 0.1) is 5.41 Å². The maximum absolute atomic E-state index is 3.92. The number of hydrogen-bond donors (Lipinski definition) is 1. The normalized spacial score (nSPS) is 28.5. The van der Waals surface area contributed by atoms with Gasteiger partial charge in [0.1, 0.15) is 0 Å². The molecule has 1 aliphatic carbocycles. The van der Waals surface area contributed by atoms with Crippen molar-refractivity contribution in [2.24, 2.45) is 5.41 Å². The smallest absolute Gasteiger partial charge is 0.0165 e. The molecule has 1 saturated heterocycles. The second kappa shape index (κ2) is 6.41. The number of rotatable bonds is 4. The summed E-state index contributed by atoms with van der Waals surface area (Å²) in [6, 6.07) is 1.55. The first kappa shape index (κ1) is 15.1. The summed E-state index contributed by atoms with van der Waals surface area (Å²) in [5, 5.41) is 3.92. The quantitative estimate of drug-likeness (QED) is 0.781. The molecule has 2 aliphatic rings. The minimum Gasteiger partial charge on any atom is -0.311 e. The van der Waals surface area contributed by atoms with Crippen molar-refractivity contribution in [2.45, 2.75) is 71.9 Å². The van der Waals surface area contributed by atoms with Crippen LogP contribution in [-0.2, 0) is 0 Å². The van der Waals surface area contributed by atoms with Crippen LogP contribution in [0.4, 0.5) is 0 Å². The van der Waals surface area contributed by atoms with Crippen LogP contribution < -0.4 is 5.32 Å². The lowest BCUT2D eigenvalue weighted by Crippen LogP contribution is -2.45. The fourth-order valence-corrected chi connectivity index (χ4v) is 3.51. The molecule has 0 aromatic rings. The van der Waals surface area contributed by atoms with Gasteiger partial charge < -0.3 is 5.32 Å². The van der Waals surface area contributed by atoms with Gasteiger partial charge in [0.05, 0.1) is 0 Å². The van der Waals surface area contributed by atoms with Gasteiger partial charge in [0.25, 0.3) is 0 Å². The molecule has 2 heteroatoms. The molecular weight excluding hydrogens is 232 g/mol. The van der Waals surface area contributed by atoms with E-state index in [9.17, 15) is 0 Å². The van der Waals surface area contributed by atoms with Gasteiger partial charge in [0, 0.05) is 18.6 Å². The van der Waals surface area contributed by atoms with E-state index in [1.165, 1.54) is 50.8 Å². The van der Waals surface area contributed by atoms with Gasteiger partial charge in [-0.2, -0.15) is 0 Å². The van der Waals surface area contributed by atoms with Crippen LogP contribution in [0.5, 0.6) is 0 Å². The molecule has 1 N–H and O–H groups in total. The molecule has 1 atom stereocenters. The van der Waals surface area contributed by atoms with Crippen molar-refractivity contribution in [1.29, 1.82) is 0 Å². The Kier molecular flexibility index (Phi) is 5.08. The summed E-state index contributed by atoms with van der Waals surface area (Å²) in [6.07, 6.45) is 9.15. The van der Waals surface area contributed by atoms with Crippen molar-refractivity contribution in [2.75, 3.05) is 19.6 Å². The Morgan fingerprint density at radius 2 is 1.84 bits per heavy atom. The standard InChI is InChI=1S/C17H32N2/c1-14(2)6-10-19-11-7-15(8-12-19)18-16-5-9-17(3,4)13-16/h6,15-16,18H,5,7-13H2,1-4H3. The zero-order valence-electron chi connectivity index (χ0n) is 13.3. The fraction of sp³-hybridized carbons (Fsp3) is 0.882. The van der Waals surface area contributed by atoms with Crippen molar-refractivity contribution in [3.05, 3.63) is 11.6 Å². The Hall–Kier alpha value is -0.340. The van der Waals surface area contributed by atoms with E-state index in [4.69, 9.17) is 0 Å². The average molecular weight is 264 g/mol. The van der Waals surface area contributed by atoms with Crippen LogP contribution in [0.3, 0.4) is 0 Å². The molecule has 2 nitrogen and oxygen atoms in total. The van der Waals surface area contributed by atoms with E-state index in [1.807, 2.05) is 0 Å². The Morgan fingerprint density at radius 3 is 2.37 bits per heavy atom. The minimum absolute atomic E-state index is 0.571. The number of nitrogens with one attached hydrogen (secondary N) is 1. The molecule has 1 aliphatic heterocycles. The molecule has 110 valence electrons. The highest BCUT2D eigenvalue weighted by Crippen LogP contribution is 2.37. The number of nitrogens with zero attached hydrogens (tertiary/aromatic N) is 1. The second-order valence-corrected chi connectivity index (χ2v) is 7.63. The van der Waals surface area contributed by atoms with Crippen LogP contribution in [0.1, 0.15) is 59.8 Å². The van der Waals surface area contributed by atoms with E-state index in [0.717, 1.165) is 18.6 Å². The van der Waals surface area contributed by atoms with Gasteiger partial charge in [0.2, 0.25) is 0 Å². The summed E-state index contributed by atoms with van der Waals surface area (Å²) in [7, 11) is 0. The van der Waals surface area contributed by atoms with E-state index >= 15 is 0 Å². The molecule has 0 bridgehead atoms. The summed E-state index contributed by atoms with van der Waals surface area (Å²) in [5.41, 5.74) is 2.01. The summed E-state index contributed by atoms with van der Waals surface area (Å²) >= 11 is 0. The van der Waals surface area contributed by atoms with Crippen LogP contribution in [-0.4, -0.2) is 36.6 Å². The molecule has 0 radical (unpaired) electrons. The molecule has 0 aromatic heterocycles. The SMILES string of the molecule is CC(C)=CCN1CCC(NC2CCC(C)(C)C2)CC1. The maximum Gasteiger partial charge on any atom is 0.0165 e. The third-order valence-corrected chi connectivity index (χ3v) is 4.79. The lowest BCUT2D eigenvalue weighted by atomic mass is 9.91. The molecule has 1 unspecified atom stereocenters. The number of hydrogen-bond acceptors (Lipinski definition) is 2. The van der Waals surface area contributed by atoms with Gasteiger partial charge in [-0.05, 0) is 64.5 Å². The van der Waals surface area contributed by atoms with Gasteiger partial charge in [0.15, 0.2) is 0 Å². The summed E-state index contributed by atoms with van der Waals surface area (Å²) < 4.78 is 0. The first-order valence-electron chi connectivity index (χ1n) is 8.06. The zero-order valence-corrected chi connectivity index (χ0v) is 13.3. The fourth-order valence-electron chi connectivity index (χ4n) is 3.51. The van der Waals surface area contributed by atoms with Gasteiger partial charge in [-0.3, -0.25) is 4.90 Å². The maximum atomic E-state index is 3.92. The molecular formula is C17H32N2. The summed E-state index contributed by atoms with van der Waals surface area (Å²) in [5.74, 6) is 0. The van der Waals surface area contributed by atoms with E-state index in [2.05, 4.69) is 44.0 Å². The Bertz CT molecular complexity index is 307.